The largest absolute Gasteiger partial charge is 0.483 e. The van der Waals surface area contributed by atoms with Gasteiger partial charge in [0.25, 0.3) is 5.91 Å². The van der Waals surface area contributed by atoms with Crippen LogP contribution in [0.2, 0.25) is 0 Å². The minimum absolute atomic E-state index is 0.0343. The van der Waals surface area contributed by atoms with E-state index in [-0.39, 0.29) is 18.6 Å². The van der Waals surface area contributed by atoms with Gasteiger partial charge in [0.15, 0.2) is 6.61 Å². The molecule has 4 rings (SSSR count). The van der Waals surface area contributed by atoms with Crippen molar-refractivity contribution in [2.45, 2.75) is 19.4 Å². The third-order valence-corrected chi connectivity index (χ3v) is 6.64. The summed E-state index contributed by atoms with van der Waals surface area (Å²) in [7, 11) is 0. The Balaban J connectivity index is 1.37. The van der Waals surface area contributed by atoms with Gasteiger partial charge in [-0.2, -0.15) is 0 Å². The van der Waals surface area contributed by atoms with Crippen LogP contribution in [-0.4, -0.2) is 48.5 Å². The number of aryl methyl sites for hydroxylation is 1. The lowest BCUT2D eigenvalue weighted by molar-refractivity contribution is -0.135. The molecule has 0 atom stereocenters. The van der Waals surface area contributed by atoms with Crippen LogP contribution in [0.3, 0.4) is 0 Å². The van der Waals surface area contributed by atoms with E-state index in [0.717, 1.165) is 24.0 Å². The first-order valence-corrected chi connectivity index (χ1v) is 12.0. The van der Waals surface area contributed by atoms with E-state index in [4.69, 9.17) is 4.74 Å². The average molecular weight is 493 g/mol. The molecule has 0 bridgehead atoms. The molecule has 0 N–H and O–H groups in total. The lowest BCUT2D eigenvalue weighted by Gasteiger charge is -2.39. The number of hydrogen-bond donors (Lipinski definition) is 0. The molecule has 0 unspecified atom stereocenters. The van der Waals surface area contributed by atoms with Crippen LogP contribution in [0.4, 0.5) is 0 Å². The van der Waals surface area contributed by atoms with Gasteiger partial charge in [-0.05, 0) is 51.2 Å². The second kappa shape index (κ2) is 10.8. The van der Waals surface area contributed by atoms with Crippen LogP contribution in [0.15, 0.2) is 83.3 Å². The number of ether oxygens (including phenoxy) is 1. The second-order valence-corrected chi connectivity index (χ2v) is 8.90. The van der Waals surface area contributed by atoms with Crippen molar-refractivity contribution in [2.75, 3.05) is 32.8 Å². The number of nitrogens with zero attached hydrogens (tertiary/aromatic N) is 2. The summed E-state index contributed by atoms with van der Waals surface area (Å²) in [4.78, 5) is 17.2. The van der Waals surface area contributed by atoms with Crippen molar-refractivity contribution in [3.63, 3.8) is 0 Å². The van der Waals surface area contributed by atoms with Crippen LogP contribution in [0.25, 0.3) is 0 Å². The number of piperazine rings is 1. The molecule has 32 heavy (non-hydrogen) atoms. The molecule has 0 saturated carbocycles. The van der Waals surface area contributed by atoms with Crippen LogP contribution in [0.5, 0.6) is 5.75 Å². The summed E-state index contributed by atoms with van der Waals surface area (Å²) in [6.45, 7) is 5.24. The molecular formula is C27H29BrN2O2. The van der Waals surface area contributed by atoms with E-state index in [1.54, 1.807) is 0 Å². The highest BCUT2D eigenvalue weighted by molar-refractivity contribution is 9.10. The fourth-order valence-corrected chi connectivity index (χ4v) is 4.77. The van der Waals surface area contributed by atoms with Crippen molar-refractivity contribution in [3.8, 4) is 5.75 Å². The van der Waals surface area contributed by atoms with Gasteiger partial charge in [0.2, 0.25) is 0 Å². The maximum atomic E-state index is 12.8. The van der Waals surface area contributed by atoms with Crippen LogP contribution in [0.1, 0.15) is 29.7 Å². The summed E-state index contributed by atoms with van der Waals surface area (Å²) in [6, 6.07) is 27.4. The lowest BCUT2D eigenvalue weighted by atomic mass is 9.96. The predicted molar refractivity (Wildman–Crippen MR) is 132 cm³/mol. The summed E-state index contributed by atoms with van der Waals surface area (Å²) < 4.78 is 6.70. The van der Waals surface area contributed by atoms with E-state index >= 15 is 0 Å². The normalized spacial score (nSPS) is 14.5. The van der Waals surface area contributed by atoms with E-state index in [0.29, 0.717) is 18.8 Å². The Kier molecular flexibility index (Phi) is 7.61. The van der Waals surface area contributed by atoms with E-state index in [9.17, 15) is 4.79 Å². The fourth-order valence-electron chi connectivity index (χ4n) is 4.23. The molecule has 5 heteroatoms. The molecule has 4 nitrogen and oxygen atoms in total. The molecule has 1 heterocycles. The maximum Gasteiger partial charge on any atom is 0.260 e. The second-order valence-electron chi connectivity index (χ2n) is 8.05. The van der Waals surface area contributed by atoms with Crippen molar-refractivity contribution in [1.82, 2.24) is 9.80 Å². The first-order chi connectivity index (χ1) is 15.7. The highest BCUT2D eigenvalue weighted by atomic mass is 79.9. The molecule has 1 amide bonds. The van der Waals surface area contributed by atoms with Crippen molar-refractivity contribution >= 4 is 21.8 Å². The molecule has 0 aromatic heterocycles. The Hall–Kier alpha value is -2.63. The molecule has 1 aliphatic heterocycles. The summed E-state index contributed by atoms with van der Waals surface area (Å²) in [5.41, 5.74) is 3.79. The van der Waals surface area contributed by atoms with Gasteiger partial charge in [0, 0.05) is 26.2 Å². The van der Waals surface area contributed by atoms with Crippen molar-refractivity contribution < 1.29 is 9.53 Å². The van der Waals surface area contributed by atoms with Gasteiger partial charge in [-0.25, -0.2) is 0 Å². The number of rotatable bonds is 7. The smallest absolute Gasteiger partial charge is 0.260 e. The van der Waals surface area contributed by atoms with Crippen molar-refractivity contribution in [2.24, 2.45) is 0 Å². The molecule has 3 aromatic carbocycles. The average Bonchev–Trinajstić information content (AvgIpc) is 2.85. The highest BCUT2D eigenvalue weighted by Crippen LogP contribution is 2.30. The number of hydrogen-bond acceptors (Lipinski definition) is 3. The van der Waals surface area contributed by atoms with Crippen LogP contribution in [0, 0.1) is 0 Å². The van der Waals surface area contributed by atoms with E-state index in [2.05, 4.69) is 88.4 Å². The summed E-state index contributed by atoms with van der Waals surface area (Å²) in [6.07, 6.45) is 0.967. The van der Waals surface area contributed by atoms with Crippen LogP contribution < -0.4 is 4.74 Å². The van der Waals surface area contributed by atoms with Gasteiger partial charge < -0.3 is 9.64 Å². The SMILES string of the molecule is CCc1ccc(OCC(=O)N2CCN(C(c3ccccc3)c3ccccc3)CC2)c(Br)c1. The molecular weight excluding hydrogens is 464 g/mol. The molecule has 166 valence electrons. The number of carbonyl (C=O) groups is 1. The Labute approximate surface area is 198 Å². The van der Waals surface area contributed by atoms with Gasteiger partial charge in [-0.1, -0.05) is 73.7 Å². The number of benzene rings is 3. The Morgan fingerprint density at radius 1 is 0.906 bits per heavy atom. The summed E-state index contributed by atoms with van der Waals surface area (Å²) in [5, 5.41) is 0. The number of amides is 1. The van der Waals surface area contributed by atoms with E-state index in [1.165, 1.54) is 16.7 Å². The zero-order valence-electron chi connectivity index (χ0n) is 18.4. The van der Waals surface area contributed by atoms with Crippen molar-refractivity contribution in [1.29, 1.82) is 0 Å². The van der Waals surface area contributed by atoms with E-state index < -0.39 is 0 Å². The first kappa shape index (κ1) is 22.6. The summed E-state index contributed by atoms with van der Waals surface area (Å²) in [5.74, 6) is 0.745. The molecule has 0 spiro atoms. The molecule has 0 radical (unpaired) electrons. The van der Waals surface area contributed by atoms with Gasteiger partial charge in [-0.3, -0.25) is 9.69 Å². The predicted octanol–water partition coefficient (Wildman–Crippen LogP) is 5.32. The summed E-state index contributed by atoms with van der Waals surface area (Å²) >= 11 is 3.55. The molecule has 1 fully saturated rings. The molecule has 3 aromatic rings. The minimum atomic E-state index is 0.0343. The monoisotopic (exact) mass is 492 g/mol. The van der Waals surface area contributed by atoms with Gasteiger partial charge in [-0.15, -0.1) is 0 Å². The van der Waals surface area contributed by atoms with E-state index in [1.807, 2.05) is 23.1 Å². The topological polar surface area (TPSA) is 32.8 Å². The number of carbonyl (C=O) groups excluding carboxylic acids is 1. The zero-order valence-corrected chi connectivity index (χ0v) is 20.0. The standard InChI is InChI=1S/C27H29BrN2O2/c1-2-21-13-14-25(24(28)19-21)32-20-26(31)29-15-17-30(18-16-29)27(22-9-5-3-6-10-22)23-11-7-4-8-12-23/h3-14,19,27H,2,15-18,20H2,1H3. The molecule has 1 saturated heterocycles. The quantitative estimate of drug-likeness (QED) is 0.447. The molecule has 1 aliphatic rings. The van der Waals surface area contributed by atoms with Crippen LogP contribution in [-0.2, 0) is 11.2 Å². The highest BCUT2D eigenvalue weighted by Gasteiger charge is 2.28. The first-order valence-electron chi connectivity index (χ1n) is 11.2. The third kappa shape index (κ3) is 5.40. The van der Waals surface area contributed by atoms with Gasteiger partial charge >= 0.3 is 0 Å². The van der Waals surface area contributed by atoms with Gasteiger partial charge in [0.05, 0.1) is 10.5 Å². The lowest BCUT2D eigenvalue weighted by Crippen LogP contribution is -2.51. The third-order valence-electron chi connectivity index (χ3n) is 6.02. The Bertz CT molecular complexity index is 979. The minimum Gasteiger partial charge on any atom is -0.483 e. The number of halogens is 1. The maximum absolute atomic E-state index is 12.8. The Morgan fingerprint density at radius 2 is 1.50 bits per heavy atom. The van der Waals surface area contributed by atoms with Crippen molar-refractivity contribution in [3.05, 3.63) is 100 Å². The molecule has 0 aliphatic carbocycles. The zero-order chi connectivity index (χ0) is 22.3. The van der Waals surface area contributed by atoms with Gasteiger partial charge in [0.1, 0.15) is 5.75 Å². The Morgan fingerprint density at radius 3 is 2.03 bits per heavy atom. The van der Waals surface area contributed by atoms with Crippen LogP contribution >= 0.6 is 15.9 Å². The fraction of sp³-hybridized carbons (Fsp3) is 0.296.